The van der Waals surface area contributed by atoms with Gasteiger partial charge in [0, 0.05) is 35.2 Å². The second-order valence-electron chi connectivity index (χ2n) is 9.42. The Morgan fingerprint density at radius 3 is 2.71 bits per heavy atom. The molecule has 1 aromatic heterocycles. The highest BCUT2D eigenvalue weighted by Crippen LogP contribution is 2.54. The molecule has 6 rings (SSSR count). The van der Waals surface area contributed by atoms with Gasteiger partial charge in [-0.25, -0.2) is 0 Å². The number of carbonyl (C=O) groups excluding carboxylic acids is 3. The van der Waals surface area contributed by atoms with Crippen LogP contribution in [0.3, 0.4) is 0 Å². The maximum Gasteiger partial charge on any atom is 0.250 e. The van der Waals surface area contributed by atoms with E-state index in [9.17, 15) is 14.4 Å². The highest BCUT2D eigenvalue weighted by atomic mass is 35.5. The Hall–Kier alpha value is -3.16. The number of unbranched alkanes of at least 4 members (excludes halogenated alkanes) is 1. The van der Waals surface area contributed by atoms with Gasteiger partial charge in [-0.3, -0.25) is 24.6 Å². The van der Waals surface area contributed by atoms with Crippen LogP contribution in [-0.2, 0) is 26.3 Å². The summed E-state index contributed by atoms with van der Waals surface area (Å²) in [5, 5.41) is 7.87. The van der Waals surface area contributed by atoms with Crippen molar-refractivity contribution in [1.29, 1.82) is 0 Å². The number of H-pyrrole nitrogens is 1. The first-order valence-electron chi connectivity index (χ1n) is 11.8. The molecule has 3 aliphatic rings. The van der Waals surface area contributed by atoms with Crippen molar-refractivity contribution in [3.63, 3.8) is 0 Å². The Morgan fingerprint density at radius 1 is 1.06 bits per heavy atom. The van der Waals surface area contributed by atoms with E-state index in [1.165, 1.54) is 4.90 Å². The van der Waals surface area contributed by atoms with E-state index in [1.54, 1.807) is 12.1 Å². The minimum atomic E-state index is -1.32. The third-order valence-corrected chi connectivity index (χ3v) is 7.96. The van der Waals surface area contributed by atoms with Crippen molar-refractivity contribution < 1.29 is 14.4 Å². The molecular weight excluding hydrogens is 452 g/mol. The second kappa shape index (κ2) is 7.68. The summed E-state index contributed by atoms with van der Waals surface area (Å²) in [6, 6.07) is 12.9. The molecular formula is C26H25ClN4O3. The number of nitrogens with zero attached hydrogens (tertiary/aromatic N) is 1. The fourth-order valence-corrected chi connectivity index (χ4v) is 6.32. The SMILES string of the molecule is CCCCN1C(=O)[C@@H]2[C@H](Cc3c[nH]c4ccccc34)N[C@]3(C(=O)Nc4c(Cl)cccc43)[C@@H]2C1=O. The van der Waals surface area contributed by atoms with Crippen molar-refractivity contribution >= 4 is 45.9 Å². The van der Waals surface area contributed by atoms with Crippen molar-refractivity contribution in [1.82, 2.24) is 15.2 Å². The average molecular weight is 477 g/mol. The van der Waals surface area contributed by atoms with Crippen molar-refractivity contribution in [2.24, 2.45) is 11.8 Å². The number of fused-ring (bicyclic) bond motifs is 5. The first-order chi connectivity index (χ1) is 16.5. The second-order valence-corrected chi connectivity index (χ2v) is 9.83. The van der Waals surface area contributed by atoms with Gasteiger partial charge >= 0.3 is 0 Å². The molecule has 0 radical (unpaired) electrons. The Kier molecular flexibility index (Phi) is 4.83. The third kappa shape index (κ3) is 2.77. The van der Waals surface area contributed by atoms with Gasteiger partial charge in [0.25, 0.3) is 0 Å². The molecule has 0 aliphatic carbocycles. The summed E-state index contributed by atoms with van der Waals surface area (Å²) in [7, 11) is 0. The van der Waals surface area contributed by atoms with Gasteiger partial charge in [-0.2, -0.15) is 0 Å². The van der Waals surface area contributed by atoms with Gasteiger partial charge in [-0.15, -0.1) is 0 Å². The van der Waals surface area contributed by atoms with Crippen LogP contribution in [0, 0.1) is 11.8 Å². The zero-order valence-electron chi connectivity index (χ0n) is 18.7. The Labute approximate surface area is 201 Å². The summed E-state index contributed by atoms with van der Waals surface area (Å²) >= 11 is 6.41. The average Bonchev–Trinajstić information content (AvgIpc) is 3.54. The van der Waals surface area contributed by atoms with Gasteiger partial charge in [-0.05, 0) is 30.5 Å². The molecule has 34 heavy (non-hydrogen) atoms. The quantitative estimate of drug-likeness (QED) is 0.490. The van der Waals surface area contributed by atoms with Gasteiger partial charge in [0.2, 0.25) is 17.7 Å². The lowest BCUT2D eigenvalue weighted by molar-refractivity contribution is -0.142. The number of carbonyl (C=O) groups is 3. The maximum absolute atomic E-state index is 13.7. The molecule has 2 saturated heterocycles. The topological polar surface area (TPSA) is 94.3 Å². The number of rotatable bonds is 5. The van der Waals surface area contributed by atoms with Crippen LogP contribution in [0.1, 0.15) is 30.9 Å². The van der Waals surface area contributed by atoms with Crippen molar-refractivity contribution in [2.75, 3.05) is 11.9 Å². The van der Waals surface area contributed by atoms with Gasteiger partial charge in [0.05, 0.1) is 22.5 Å². The van der Waals surface area contributed by atoms with E-state index < -0.39 is 17.4 Å². The Bertz CT molecular complexity index is 1350. The zero-order chi connectivity index (χ0) is 23.6. The maximum atomic E-state index is 13.7. The molecule has 4 atom stereocenters. The van der Waals surface area contributed by atoms with Crippen molar-refractivity contribution in [3.05, 3.63) is 64.8 Å². The van der Waals surface area contributed by atoms with Gasteiger partial charge < -0.3 is 10.3 Å². The lowest BCUT2D eigenvalue weighted by atomic mass is 9.76. The van der Waals surface area contributed by atoms with Crippen molar-refractivity contribution in [2.45, 2.75) is 37.8 Å². The van der Waals surface area contributed by atoms with Crippen LogP contribution >= 0.6 is 11.6 Å². The molecule has 0 saturated carbocycles. The smallest absolute Gasteiger partial charge is 0.250 e. The number of aromatic amines is 1. The van der Waals surface area contributed by atoms with E-state index in [1.807, 2.05) is 43.5 Å². The molecule has 3 aliphatic heterocycles. The number of imide groups is 1. The van der Waals surface area contributed by atoms with E-state index in [2.05, 4.69) is 15.6 Å². The molecule has 3 amide bonds. The monoisotopic (exact) mass is 476 g/mol. The number of hydrogen-bond donors (Lipinski definition) is 3. The summed E-state index contributed by atoms with van der Waals surface area (Å²) in [6.07, 6.45) is 4.06. The normalized spacial score (nSPS) is 27.6. The molecule has 2 fully saturated rings. The molecule has 3 aromatic rings. The summed E-state index contributed by atoms with van der Waals surface area (Å²) in [5.74, 6) is -2.24. The van der Waals surface area contributed by atoms with Gasteiger partial charge in [0.1, 0.15) is 5.54 Å². The predicted octanol–water partition coefficient (Wildman–Crippen LogP) is 3.58. The van der Waals surface area contributed by atoms with E-state index >= 15 is 0 Å². The van der Waals surface area contributed by atoms with Crippen LogP contribution in [0.25, 0.3) is 10.9 Å². The van der Waals surface area contributed by atoms with Crippen LogP contribution in [0.4, 0.5) is 5.69 Å². The fourth-order valence-electron chi connectivity index (χ4n) is 6.10. The van der Waals surface area contributed by atoms with E-state index in [-0.39, 0.29) is 23.8 Å². The Morgan fingerprint density at radius 2 is 1.88 bits per heavy atom. The Balaban J connectivity index is 1.47. The largest absolute Gasteiger partial charge is 0.361 e. The fraction of sp³-hybridized carbons (Fsp3) is 0.346. The minimum absolute atomic E-state index is 0.194. The minimum Gasteiger partial charge on any atom is -0.361 e. The number of amides is 3. The summed E-state index contributed by atoms with van der Waals surface area (Å²) < 4.78 is 0. The highest BCUT2D eigenvalue weighted by molar-refractivity contribution is 6.35. The molecule has 1 spiro atoms. The number of nitrogens with one attached hydrogen (secondary N) is 3. The van der Waals surface area contributed by atoms with E-state index in [0.717, 1.165) is 29.3 Å². The third-order valence-electron chi connectivity index (χ3n) is 7.64. The summed E-state index contributed by atoms with van der Waals surface area (Å²) in [4.78, 5) is 45.6. The first kappa shape index (κ1) is 21.4. The molecule has 8 heteroatoms. The number of para-hydroxylation sites is 2. The molecule has 2 aromatic carbocycles. The number of hydrogen-bond acceptors (Lipinski definition) is 4. The van der Waals surface area contributed by atoms with Crippen LogP contribution in [0.2, 0.25) is 5.02 Å². The summed E-state index contributed by atoms with van der Waals surface area (Å²) in [5.41, 5.74) is 1.88. The molecule has 7 nitrogen and oxygen atoms in total. The highest BCUT2D eigenvalue weighted by Gasteiger charge is 2.70. The van der Waals surface area contributed by atoms with Crippen LogP contribution < -0.4 is 10.6 Å². The van der Waals surface area contributed by atoms with Gasteiger partial charge in [-0.1, -0.05) is 55.3 Å². The molecule has 0 bridgehead atoms. The number of likely N-dealkylation sites (tertiary alicyclic amines) is 1. The molecule has 3 N–H and O–H groups in total. The molecule has 0 unspecified atom stereocenters. The van der Waals surface area contributed by atoms with E-state index in [4.69, 9.17) is 11.6 Å². The lowest BCUT2D eigenvalue weighted by Crippen LogP contribution is -2.53. The first-order valence-corrected chi connectivity index (χ1v) is 12.1. The lowest BCUT2D eigenvalue weighted by Gasteiger charge is -2.29. The number of benzene rings is 2. The van der Waals surface area contributed by atoms with Gasteiger partial charge in [0.15, 0.2) is 0 Å². The van der Waals surface area contributed by atoms with Crippen LogP contribution in [-0.4, -0.2) is 40.2 Å². The summed E-state index contributed by atoms with van der Waals surface area (Å²) in [6.45, 7) is 2.40. The number of aromatic nitrogens is 1. The van der Waals surface area contributed by atoms with Crippen LogP contribution in [0.5, 0.6) is 0 Å². The van der Waals surface area contributed by atoms with Crippen molar-refractivity contribution in [3.8, 4) is 0 Å². The zero-order valence-corrected chi connectivity index (χ0v) is 19.5. The van der Waals surface area contributed by atoms with E-state index in [0.29, 0.717) is 29.2 Å². The standard InChI is InChI=1S/C26H25ClN4O3/c1-2-3-11-31-23(32)20-19(12-14-13-28-18-10-5-4-7-15(14)18)30-26(21(20)24(31)33)16-8-6-9-17(27)22(16)29-25(26)34/h4-10,13,19-21,28,30H,2-3,11-12H2,1H3,(H,29,34)/t19-,20+,21-,26-/m0/s1. The number of anilines is 1. The van der Waals surface area contributed by atoms with Crippen LogP contribution in [0.15, 0.2) is 48.7 Å². The number of halogens is 1. The molecule has 4 heterocycles. The molecule has 174 valence electrons. The predicted molar refractivity (Wildman–Crippen MR) is 129 cm³/mol.